The second-order valence-electron chi connectivity index (χ2n) is 4.55. The van der Waals surface area contributed by atoms with Crippen molar-refractivity contribution in [1.29, 1.82) is 5.26 Å². The van der Waals surface area contributed by atoms with Gasteiger partial charge in [-0.25, -0.2) is 0 Å². The molecule has 0 aromatic heterocycles. The minimum absolute atomic E-state index is 0.345. The molecule has 1 atom stereocenters. The maximum atomic E-state index is 8.58. The molecule has 86 valence electrons. The van der Waals surface area contributed by atoms with Gasteiger partial charge in [-0.2, -0.15) is 5.26 Å². The zero-order valence-electron chi connectivity index (χ0n) is 10.00. The van der Waals surface area contributed by atoms with Gasteiger partial charge in [0.05, 0.1) is 12.5 Å². The van der Waals surface area contributed by atoms with Gasteiger partial charge in [-0.3, -0.25) is 0 Å². The van der Waals surface area contributed by atoms with E-state index >= 15 is 0 Å². The van der Waals surface area contributed by atoms with Gasteiger partial charge >= 0.3 is 0 Å². The minimum Gasteiger partial charge on any atom is -0.310 e. The van der Waals surface area contributed by atoms with Crippen LogP contribution in [0.3, 0.4) is 0 Å². The molecule has 0 bridgehead atoms. The summed E-state index contributed by atoms with van der Waals surface area (Å²) in [5, 5.41) is 12.1. The molecule has 0 aromatic carbocycles. The van der Waals surface area contributed by atoms with Gasteiger partial charge in [0.1, 0.15) is 0 Å². The average Bonchev–Trinajstić information content (AvgIpc) is 2.22. The molecule has 15 heavy (non-hydrogen) atoms. The summed E-state index contributed by atoms with van der Waals surface area (Å²) in [5.74, 6) is 0. The molecule has 1 saturated heterocycles. The molecular weight excluding hydrogens is 186 g/mol. The maximum absolute atomic E-state index is 8.58. The Morgan fingerprint density at radius 2 is 2.13 bits per heavy atom. The Morgan fingerprint density at radius 1 is 1.47 bits per heavy atom. The van der Waals surface area contributed by atoms with E-state index < -0.39 is 0 Å². The van der Waals surface area contributed by atoms with Crippen molar-refractivity contribution in [3.63, 3.8) is 0 Å². The molecule has 0 aliphatic carbocycles. The van der Waals surface area contributed by atoms with Crippen molar-refractivity contribution in [2.75, 3.05) is 19.6 Å². The van der Waals surface area contributed by atoms with Crippen molar-refractivity contribution in [3.05, 3.63) is 0 Å². The summed E-state index contributed by atoms with van der Waals surface area (Å²) < 4.78 is 0. The molecule has 3 nitrogen and oxygen atoms in total. The standard InChI is InChI=1S/C12H23N3/c1-3-8-15-9-5-12(6-10-15)14-11(2)4-7-13/h11-12,14H,3-6,8-10H2,1-2H3. The third-order valence-electron chi connectivity index (χ3n) is 3.05. The van der Waals surface area contributed by atoms with Crippen LogP contribution in [0.4, 0.5) is 0 Å². The number of nitrogens with one attached hydrogen (secondary N) is 1. The van der Waals surface area contributed by atoms with Gasteiger partial charge in [0.2, 0.25) is 0 Å². The molecule has 1 N–H and O–H groups in total. The molecule has 0 aromatic rings. The zero-order chi connectivity index (χ0) is 11.1. The van der Waals surface area contributed by atoms with E-state index in [1.54, 1.807) is 0 Å². The third kappa shape index (κ3) is 4.63. The topological polar surface area (TPSA) is 39.1 Å². The molecule has 0 amide bonds. The Labute approximate surface area is 93.5 Å². The van der Waals surface area contributed by atoms with E-state index in [2.05, 4.69) is 30.1 Å². The summed E-state index contributed by atoms with van der Waals surface area (Å²) >= 11 is 0. The summed E-state index contributed by atoms with van der Waals surface area (Å²) in [6.07, 6.45) is 4.34. The molecule has 1 fully saturated rings. The van der Waals surface area contributed by atoms with Gasteiger partial charge in [-0.15, -0.1) is 0 Å². The molecule has 3 heteroatoms. The minimum atomic E-state index is 0.345. The first-order valence-corrected chi connectivity index (χ1v) is 6.11. The van der Waals surface area contributed by atoms with Crippen molar-refractivity contribution in [3.8, 4) is 6.07 Å². The molecule has 0 spiro atoms. The van der Waals surface area contributed by atoms with Crippen molar-refractivity contribution in [1.82, 2.24) is 10.2 Å². The molecule has 1 aliphatic heterocycles. The van der Waals surface area contributed by atoms with Crippen LogP contribution in [0, 0.1) is 11.3 Å². The van der Waals surface area contributed by atoms with Gasteiger partial charge in [0.15, 0.2) is 0 Å². The van der Waals surface area contributed by atoms with Gasteiger partial charge in [-0.05, 0) is 45.8 Å². The molecule has 1 unspecified atom stereocenters. The average molecular weight is 209 g/mol. The van der Waals surface area contributed by atoms with Crippen LogP contribution in [0.15, 0.2) is 0 Å². The molecule has 0 saturated carbocycles. The van der Waals surface area contributed by atoms with Crippen molar-refractivity contribution in [2.24, 2.45) is 0 Å². The van der Waals surface area contributed by atoms with Gasteiger partial charge < -0.3 is 10.2 Å². The third-order valence-corrected chi connectivity index (χ3v) is 3.05. The first-order valence-electron chi connectivity index (χ1n) is 6.11. The first kappa shape index (κ1) is 12.5. The summed E-state index contributed by atoms with van der Waals surface area (Å²) in [6.45, 7) is 8.00. The molecule has 1 aliphatic rings. The second-order valence-corrected chi connectivity index (χ2v) is 4.55. The van der Waals surface area contributed by atoms with E-state index in [0.29, 0.717) is 18.5 Å². The van der Waals surface area contributed by atoms with E-state index in [1.165, 1.54) is 38.9 Å². The predicted octanol–water partition coefficient (Wildman–Crippen LogP) is 1.75. The SMILES string of the molecule is CCCN1CCC(NC(C)CC#N)CC1. The van der Waals surface area contributed by atoms with Crippen LogP contribution in [0.25, 0.3) is 0 Å². The van der Waals surface area contributed by atoms with Crippen molar-refractivity contribution in [2.45, 2.75) is 51.6 Å². The number of nitrogens with zero attached hydrogens (tertiary/aromatic N) is 2. The highest BCUT2D eigenvalue weighted by Gasteiger charge is 2.19. The van der Waals surface area contributed by atoms with Crippen LogP contribution >= 0.6 is 0 Å². The Morgan fingerprint density at radius 3 is 2.67 bits per heavy atom. The lowest BCUT2D eigenvalue weighted by molar-refractivity contribution is 0.192. The summed E-state index contributed by atoms with van der Waals surface area (Å²) in [6, 6.07) is 3.18. The largest absolute Gasteiger partial charge is 0.310 e. The fourth-order valence-corrected chi connectivity index (χ4v) is 2.24. The monoisotopic (exact) mass is 209 g/mol. The lowest BCUT2D eigenvalue weighted by atomic mass is 10.0. The van der Waals surface area contributed by atoms with Crippen LogP contribution < -0.4 is 5.32 Å². The van der Waals surface area contributed by atoms with E-state index in [1.807, 2.05) is 0 Å². The highest BCUT2D eigenvalue weighted by Crippen LogP contribution is 2.11. The number of likely N-dealkylation sites (tertiary alicyclic amines) is 1. The Hall–Kier alpha value is -0.590. The number of rotatable bonds is 5. The first-order chi connectivity index (χ1) is 7.26. The molecule has 1 heterocycles. The molecule has 1 rings (SSSR count). The Balaban J connectivity index is 2.17. The predicted molar refractivity (Wildman–Crippen MR) is 62.6 cm³/mol. The lowest BCUT2D eigenvalue weighted by Crippen LogP contribution is -2.45. The summed E-state index contributed by atoms with van der Waals surface area (Å²) in [4.78, 5) is 2.53. The lowest BCUT2D eigenvalue weighted by Gasteiger charge is -2.33. The van der Waals surface area contributed by atoms with Gasteiger partial charge in [0.25, 0.3) is 0 Å². The molecule has 0 radical (unpaired) electrons. The highest BCUT2D eigenvalue weighted by molar-refractivity contribution is 4.83. The number of hydrogen-bond donors (Lipinski definition) is 1. The molecular formula is C12H23N3. The van der Waals surface area contributed by atoms with Gasteiger partial charge in [-0.1, -0.05) is 6.92 Å². The van der Waals surface area contributed by atoms with Crippen LogP contribution in [0.2, 0.25) is 0 Å². The van der Waals surface area contributed by atoms with Crippen molar-refractivity contribution < 1.29 is 0 Å². The summed E-state index contributed by atoms with van der Waals surface area (Å²) in [7, 11) is 0. The normalized spacial score (nSPS) is 21.1. The van der Waals surface area contributed by atoms with E-state index in [4.69, 9.17) is 5.26 Å². The Kier molecular flexibility index (Phi) is 5.67. The fourth-order valence-electron chi connectivity index (χ4n) is 2.24. The smallest absolute Gasteiger partial charge is 0.0638 e. The van der Waals surface area contributed by atoms with Crippen LogP contribution in [-0.2, 0) is 0 Å². The zero-order valence-corrected chi connectivity index (χ0v) is 10.00. The summed E-state index contributed by atoms with van der Waals surface area (Å²) in [5.41, 5.74) is 0. The van der Waals surface area contributed by atoms with Crippen LogP contribution in [0.5, 0.6) is 0 Å². The quantitative estimate of drug-likeness (QED) is 0.750. The van der Waals surface area contributed by atoms with Gasteiger partial charge in [0, 0.05) is 12.1 Å². The van der Waals surface area contributed by atoms with Crippen LogP contribution in [0.1, 0.15) is 39.5 Å². The van der Waals surface area contributed by atoms with E-state index in [0.717, 1.165) is 0 Å². The van der Waals surface area contributed by atoms with E-state index in [-0.39, 0.29) is 0 Å². The second kappa shape index (κ2) is 6.81. The number of piperidine rings is 1. The highest BCUT2D eigenvalue weighted by atomic mass is 15.1. The number of nitriles is 1. The maximum Gasteiger partial charge on any atom is 0.0638 e. The van der Waals surface area contributed by atoms with Crippen molar-refractivity contribution >= 4 is 0 Å². The number of hydrogen-bond acceptors (Lipinski definition) is 3. The van der Waals surface area contributed by atoms with E-state index in [9.17, 15) is 0 Å². The Bertz CT molecular complexity index is 201. The fraction of sp³-hybridized carbons (Fsp3) is 0.917. The van der Waals surface area contributed by atoms with Crippen LogP contribution in [-0.4, -0.2) is 36.6 Å².